The van der Waals surface area contributed by atoms with Crippen LogP contribution in [0.2, 0.25) is 0 Å². The fourth-order valence-electron chi connectivity index (χ4n) is 2.84. The minimum Gasteiger partial charge on any atom is -0.481 e. The molecule has 0 saturated heterocycles. The van der Waals surface area contributed by atoms with E-state index in [4.69, 9.17) is 0 Å². The molecule has 1 unspecified atom stereocenters. The average molecular weight is 284 g/mol. The van der Waals surface area contributed by atoms with Crippen molar-refractivity contribution in [3.05, 3.63) is 0 Å². The number of hydrogen-bond acceptors (Lipinski definition) is 3. The number of nitrogens with zero attached hydrogens (tertiary/aromatic N) is 1. The Hall–Kier alpha value is -1.59. The third-order valence-electron chi connectivity index (χ3n) is 3.83. The molecule has 0 bridgehead atoms. The lowest BCUT2D eigenvalue weighted by Crippen LogP contribution is -2.44. The second-order valence-electron chi connectivity index (χ2n) is 5.43. The summed E-state index contributed by atoms with van der Waals surface area (Å²) in [6.07, 6.45) is 1.12. The Bertz CT molecular complexity index is 383. The molecule has 0 aromatic carbocycles. The standard InChI is InChI=1S/C14H24N2O4/c1-4-15-12(17)8-16(5-2)13(18)10-6-9(3)7-11(10)14(19)20/h9-11H,4-8H2,1-3H3,(H,15,17)(H,19,20)/t9?,10-,11+/m0/s1. The smallest absolute Gasteiger partial charge is 0.307 e. The molecule has 0 aromatic heterocycles. The number of carboxylic acid groups (broad SMARTS) is 1. The summed E-state index contributed by atoms with van der Waals surface area (Å²) in [5, 5.41) is 11.9. The highest BCUT2D eigenvalue weighted by molar-refractivity contribution is 5.89. The van der Waals surface area contributed by atoms with Gasteiger partial charge in [0.15, 0.2) is 0 Å². The number of rotatable bonds is 6. The van der Waals surface area contributed by atoms with Gasteiger partial charge < -0.3 is 15.3 Å². The maximum absolute atomic E-state index is 12.5. The van der Waals surface area contributed by atoms with Crippen molar-refractivity contribution in [1.29, 1.82) is 0 Å². The molecule has 1 aliphatic carbocycles. The van der Waals surface area contributed by atoms with Gasteiger partial charge in [0.2, 0.25) is 11.8 Å². The summed E-state index contributed by atoms with van der Waals surface area (Å²) in [4.78, 5) is 36.7. The van der Waals surface area contributed by atoms with E-state index in [-0.39, 0.29) is 24.3 Å². The number of aliphatic carboxylic acids is 1. The molecule has 2 amide bonds. The molecule has 3 atom stereocenters. The second-order valence-corrected chi connectivity index (χ2v) is 5.43. The normalized spacial score (nSPS) is 25.2. The van der Waals surface area contributed by atoms with E-state index in [0.717, 1.165) is 0 Å². The largest absolute Gasteiger partial charge is 0.481 e. The second kappa shape index (κ2) is 7.26. The van der Waals surface area contributed by atoms with Gasteiger partial charge in [-0.15, -0.1) is 0 Å². The van der Waals surface area contributed by atoms with Gasteiger partial charge in [-0.25, -0.2) is 0 Å². The van der Waals surface area contributed by atoms with Crippen molar-refractivity contribution < 1.29 is 19.5 Å². The fraction of sp³-hybridized carbons (Fsp3) is 0.786. The summed E-state index contributed by atoms with van der Waals surface area (Å²) in [5.41, 5.74) is 0. The predicted octanol–water partition coefficient (Wildman–Crippen LogP) is 0.718. The van der Waals surface area contributed by atoms with Gasteiger partial charge in [-0.1, -0.05) is 6.92 Å². The molecule has 1 aliphatic rings. The van der Waals surface area contributed by atoms with Crippen LogP contribution < -0.4 is 5.32 Å². The highest BCUT2D eigenvalue weighted by Crippen LogP contribution is 2.37. The van der Waals surface area contributed by atoms with Crippen molar-refractivity contribution >= 4 is 17.8 Å². The molecular formula is C14H24N2O4. The van der Waals surface area contributed by atoms with Gasteiger partial charge >= 0.3 is 5.97 Å². The van der Waals surface area contributed by atoms with E-state index in [9.17, 15) is 19.5 Å². The summed E-state index contributed by atoms with van der Waals surface area (Å²) in [6, 6.07) is 0. The van der Waals surface area contributed by atoms with Crippen LogP contribution in [0.5, 0.6) is 0 Å². The first-order chi connectivity index (χ1) is 9.40. The van der Waals surface area contributed by atoms with Crippen LogP contribution in [-0.4, -0.2) is 47.4 Å². The van der Waals surface area contributed by atoms with Gasteiger partial charge in [0.05, 0.1) is 18.4 Å². The molecule has 0 aliphatic heterocycles. The summed E-state index contributed by atoms with van der Waals surface area (Å²) in [6.45, 7) is 6.50. The molecule has 6 nitrogen and oxygen atoms in total. The maximum Gasteiger partial charge on any atom is 0.307 e. The van der Waals surface area contributed by atoms with Gasteiger partial charge in [-0.3, -0.25) is 14.4 Å². The minimum absolute atomic E-state index is 0.000390. The lowest BCUT2D eigenvalue weighted by Gasteiger charge is -2.25. The number of carbonyl (C=O) groups is 3. The first-order valence-electron chi connectivity index (χ1n) is 7.18. The fourth-order valence-corrected chi connectivity index (χ4v) is 2.84. The third-order valence-corrected chi connectivity index (χ3v) is 3.83. The molecule has 114 valence electrons. The molecule has 0 radical (unpaired) electrons. The van der Waals surface area contributed by atoms with E-state index in [1.54, 1.807) is 6.92 Å². The van der Waals surface area contributed by atoms with Crippen LogP contribution in [0.1, 0.15) is 33.6 Å². The van der Waals surface area contributed by atoms with Crippen LogP contribution in [-0.2, 0) is 14.4 Å². The number of hydrogen-bond donors (Lipinski definition) is 2. The summed E-state index contributed by atoms with van der Waals surface area (Å²) >= 11 is 0. The van der Waals surface area contributed by atoms with E-state index in [1.165, 1.54) is 4.90 Å². The number of carboxylic acids is 1. The van der Waals surface area contributed by atoms with Crippen LogP contribution in [0.25, 0.3) is 0 Å². The predicted molar refractivity (Wildman–Crippen MR) is 74.0 cm³/mol. The highest BCUT2D eigenvalue weighted by Gasteiger charge is 2.42. The quantitative estimate of drug-likeness (QED) is 0.752. The van der Waals surface area contributed by atoms with Crippen LogP contribution in [0.3, 0.4) is 0 Å². The lowest BCUT2D eigenvalue weighted by molar-refractivity contribution is -0.149. The SMILES string of the molecule is CCNC(=O)CN(CC)C(=O)[C@H]1CC(C)C[C@H]1C(=O)O. The molecule has 0 aromatic rings. The van der Waals surface area contributed by atoms with Crippen LogP contribution in [0, 0.1) is 17.8 Å². The van der Waals surface area contributed by atoms with E-state index in [1.807, 2.05) is 13.8 Å². The summed E-state index contributed by atoms with van der Waals surface area (Å²) < 4.78 is 0. The summed E-state index contributed by atoms with van der Waals surface area (Å²) in [5.74, 6) is -2.23. The van der Waals surface area contributed by atoms with E-state index >= 15 is 0 Å². The Morgan fingerprint density at radius 3 is 2.30 bits per heavy atom. The van der Waals surface area contributed by atoms with Crippen LogP contribution in [0.4, 0.5) is 0 Å². The van der Waals surface area contributed by atoms with Gasteiger partial charge in [0.25, 0.3) is 0 Å². The first-order valence-corrected chi connectivity index (χ1v) is 7.18. The Morgan fingerprint density at radius 2 is 1.80 bits per heavy atom. The van der Waals surface area contributed by atoms with Crippen LogP contribution in [0.15, 0.2) is 0 Å². The van der Waals surface area contributed by atoms with Gasteiger partial charge in [0, 0.05) is 13.1 Å². The molecule has 20 heavy (non-hydrogen) atoms. The third kappa shape index (κ3) is 3.95. The number of carbonyl (C=O) groups excluding carboxylic acids is 2. The van der Waals surface area contributed by atoms with Gasteiger partial charge in [-0.05, 0) is 32.6 Å². The number of likely N-dealkylation sites (N-methyl/N-ethyl adjacent to an activating group) is 2. The zero-order valence-corrected chi connectivity index (χ0v) is 12.4. The van der Waals surface area contributed by atoms with Crippen LogP contribution >= 0.6 is 0 Å². The molecule has 6 heteroatoms. The Labute approximate surface area is 119 Å². The van der Waals surface area contributed by atoms with E-state index < -0.39 is 17.8 Å². The van der Waals surface area contributed by atoms with Crippen molar-refractivity contribution in [2.45, 2.75) is 33.6 Å². The van der Waals surface area contributed by atoms with Crippen molar-refractivity contribution in [3.8, 4) is 0 Å². The Kier molecular flexibility index (Phi) is 5.98. The molecule has 1 saturated carbocycles. The van der Waals surface area contributed by atoms with Crippen molar-refractivity contribution in [1.82, 2.24) is 10.2 Å². The molecular weight excluding hydrogens is 260 g/mol. The Morgan fingerprint density at radius 1 is 1.20 bits per heavy atom. The molecule has 1 rings (SSSR count). The van der Waals surface area contributed by atoms with Crippen molar-refractivity contribution in [2.75, 3.05) is 19.6 Å². The molecule has 0 heterocycles. The van der Waals surface area contributed by atoms with Gasteiger partial charge in [0.1, 0.15) is 0 Å². The molecule has 2 N–H and O–H groups in total. The van der Waals surface area contributed by atoms with Crippen molar-refractivity contribution in [3.63, 3.8) is 0 Å². The van der Waals surface area contributed by atoms with E-state index in [0.29, 0.717) is 25.9 Å². The topological polar surface area (TPSA) is 86.7 Å². The number of nitrogens with one attached hydrogen (secondary N) is 1. The number of amides is 2. The zero-order valence-electron chi connectivity index (χ0n) is 12.4. The minimum atomic E-state index is -0.915. The van der Waals surface area contributed by atoms with E-state index in [2.05, 4.69) is 5.32 Å². The highest BCUT2D eigenvalue weighted by atomic mass is 16.4. The Balaban J connectivity index is 2.74. The maximum atomic E-state index is 12.5. The summed E-state index contributed by atoms with van der Waals surface area (Å²) in [7, 11) is 0. The van der Waals surface area contributed by atoms with Crippen molar-refractivity contribution in [2.24, 2.45) is 17.8 Å². The van der Waals surface area contributed by atoms with Gasteiger partial charge in [-0.2, -0.15) is 0 Å². The zero-order chi connectivity index (χ0) is 15.3. The monoisotopic (exact) mass is 284 g/mol. The lowest BCUT2D eigenvalue weighted by atomic mass is 9.94. The average Bonchev–Trinajstić information content (AvgIpc) is 2.78. The molecule has 1 fully saturated rings. The molecule has 0 spiro atoms. The first kappa shape index (κ1) is 16.5.